The first-order valence-corrected chi connectivity index (χ1v) is 10.9. The summed E-state index contributed by atoms with van der Waals surface area (Å²) in [5, 5.41) is 11.2. The molecule has 1 fully saturated rings. The van der Waals surface area contributed by atoms with E-state index in [1.165, 1.54) is 29.2 Å². The second-order valence-corrected chi connectivity index (χ2v) is 8.06. The number of aliphatic hydroxyl groups is 1. The van der Waals surface area contributed by atoms with Crippen molar-refractivity contribution in [2.45, 2.75) is 19.0 Å². The van der Waals surface area contributed by atoms with Crippen molar-refractivity contribution in [3.05, 3.63) is 83.7 Å². The van der Waals surface area contributed by atoms with Gasteiger partial charge in [0.1, 0.15) is 24.8 Å². The van der Waals surface area contributed by atoms with Crippen molar-refractivity contribution in [1.82, 2.24) is 14.5 Å². The number of hydrogen-bond donors (Lipinski definition) is 1. The molecule has 3 heterocycles. The van der Waals surface area contributed by atoms with Crippen LogP contribution in [0.2, 0.25) is 0 Å². The van der Waals surface area contributed by atoms with Gasteiger partial charge >= 0.3 is 0 Å². The van der Waals surface area contributed by atoms with Crippen LogP contribution in [0.1, 0.15) is 23.6 Å². The number of fused-ring (bicyclic) bond motifs is 1. The Hall–Kier alpha value is -4.14. The predicted molar refractivity (Wildman–Crippen MR) is 120 cm³/mol. The zero-order valence-corrected chi connectivity index (χ0v) is 18.2. The van der Waals surface area contributed by atoms with Crippen molar-refractivity contribution in [2.75, 3.05) is 19.8 Å². The quantitative estimate of drug-likeness (QED) is 0.343. The van der Waals surface area contributed by atoms with E-state index in [0.717, 1.165) is 0 Å². The van der Waals surface area contributed by atoms with E-state index in [-0.39, 0.29) is 17.9 Å². The Balaban J connectivity index is 1.53. The molecule has 174 valence electrons. The minimum Gasteiger partial charge on any atom is -0.507 e. The first kappa shape index (κ1) is 21.7. The molecule has 0 saturated carbocycles. The first-order valence-electron chi connectivity index (χ1n) is 10.9. The number of imidazole rings is 1. The van der Waals surface area contributed by atoms with E-state index in [1.807, 2.05) is 10.8 Å². The van der Waals surface area contributed by atoms with E-state index in [2.05, 4.69) is 4.98 Å². The number of ether oxygens (including phenoxy) is 2. The summed E-state index contributed by atoms with van der Waals surface area (Å²) >= 11 is 0. The average molecular weight is 463 g/mol. The van der Waals surface area contributed by atoms with E-state index in [9.17, 15) is 19.1 Å². The Morgan fingerprint density at radius 1 is 1.06 bits per heavy atom. The number of aryl methyl sites for hydroxylation is 1. The number of aromatic nitrogens is 2. The molecular weight excluding hydrogens is 441 g/mol. The molecule has 8 nitrogen and oxygen atoms in total. The molecule has 1 amide bonds. The van der Waals surface area contributed by atoms with Gasteiger partial charge in [0.2, 0.25) is 0 Å². The second-order valence-electron chi connectivity index (χ2n) is 8.06. The molecule has 1 aromatic heterocycles. The Kier molecular flexibility index (Phi) is 5.75. The van der Waals surface area contributed by atoms with E-state index in [4.69, 9.17) is 9.47 Å². The third-order valence-corrected chi connectivity index (χ3v) is 5.92. The monoisotopic (exact) mass is 463 g/mol. The van der Waals surface area contributed by atoms with Crippen LogP contribution in [0.25, 0.3) is 5.76 Å². The molecule has 34 heavy (non-hydrogen) atoms. The number of aliphatic hydroxyl groups excluding tert-OH is 1. The smallest absolute Gasteiger partial charge is 0.295 e. The van der Waals surface area contributed by atoms with Gasteiger partial charge in [-0.2, -0.15) is 0 Å². The molecule has 1 saturated heterocycles. The summed E-state index contributed by atoms with van der Waals surface area (Å²) in [7, 11) is 0. The summed E-state index contributed by atoms with van der Waals surface area (Å²) < 4.78 is 26.6. The third kappa shape index (κ3) is 4.00. The van der Waals surface area contributed by atoms with Gasteiger partial charge in [-0.15, -0.1) is 0 Å². The third-order valence-electron chi connectivity index (χ3n) is 5.92. The van der Waals surface area contributed by atoms with E-state index in [1.54, 1.807) is 30.7 Å². The largest absolute Gasteiger partial charge is 0.507 e. The van der Waals surface area contributed by atoms with E-state index >= 15 is 0 Å². The molecule has 2 aliphatic rings. The van der Waals surface area contributed by atoms with E-state index < -0.39 is 23.5 Å². The molecule has 2 aliphatic heterocycles. The number of amides is 1. The summed E-state index contributed by atoms with van der Waals surface area (Å²) in [5.41, 5.74) is 0.811. The fourth-order valence-corrected chi connectivity index (χ4v) is 4.29. The zero-order valence-electron chi connectivity index (χ0n) is 18.2. The molecule has 0 radical (unpaired) electrons. The lowest BCUT2D eigenvalue weighted by molar-refractivity contribution is -0.139. The van der Waals surface area contributed by atoms with Crippen LogP contribution in [0.15, 0.2) is 66.8 Å². The number of hydrogen-bond acceptors (Lipinski definition) is 6. The Morgan fingerprint density at radius 3 is 2.56 bits per heavy atom. The van der Waals surface area contributed by atoms with Crippen LogP contribution in [-0.4, -0.2) is 51.0 Å². The SMILES string of the molecule is O=C1C(=O)N(CCCn2ccnc2)[C@@H](c2ccc(F)cc2)/C1=C(\O)c1ccc2c(c1)OCCO2. The van der Waals surface area contributed by atoms with Crippen molar-refractivity contribution in [2.24, 2.45) is 0 Å². The number of halogens is 1. The fraction of sp³-hybridized carbons (Fsp3) is 0.240. The molecule has 1 N–H and O–H groups in total. The highest BCUT2D eigenvalue weighted by molar-refractivity contribution is 6.46. The molecule has 3 aromatic rings. The highest BCUT2D eigenvalue weighted by Crippen LogP contribution is 2.41. The molecule has 1 atom stereocenters. The standard InChI is InChI=1S/C25H22FN3O5/c26-18-5-2-16(3-6-18)22-21(23(30)17-4-7-19-20(14-17)34-13-12-33-19)24(31)25(32)29(22)10-1-9-28-11-8-27-15-28/h2-8,11,14-15,22,30H,1,9-10,12-13H2/b23-21+/t22-/m0/s1. The molecule has 2 aromatic carbocycles. The number of carbonyl (C=O) groups is 2. The summed E-state index contributed by atoms with van der Waals surface area (Å²) in [6.07, 6.45) is 5.71. The first-order chi connectivity index (χ1) is 16.5. The zero-order chi connectivity index (χ0) is 23.7. The van der Waals surface area contributed by atoms with Crippen LogP contribution in [0, 0.1) is 5.82 Å². The number of rotatable bonds is 6. The van der Waals surface area contributed by atoms with Gasteiger partial charge in [-0.1, -0.05) is 12.1 Å². The van der Waals surface area contributed by atoms with Gasteiger partial charge in [-0.3, -0.25) is 9.59 Å². The minimum absolute atomic E-state index is 0.0454. The number of nitrogens with zero attached hydrogens (tertiary/aromatic N) is 3. The molecular formula is C25H22FN3O5. The Bertz CT molecular complexity index is 1250. The van der Waals surface area contributed by atoms with Crippen LogP contribution >= 0.6 is 0 Å². The van der Waals surface area contributed by atoms with Crippen molar-refractivity contribution < 1.29 is 28.6 Å². The number of benzene rings is 2. The van der Waals surface area contributed by atoms with Gasteiger partial charge in [0, 0.05) is 31.0 Å². The van der Waals surface area contributed by atoms with Crippen LogP contribution in [-0.2, 0) is 16.1 Å². The van der Waals surface area contributed by atoms with Gasteiger partial charge in [-0.25, -0.2) is 9.37 Å². The summed E-state index contributed by atoms with van der Waals surface area (Å²) in [6.45, 7) is 1.66. The normalized spacial score (nSPS) is 19.0. The Morgan fingerprint density at radius 2 is 1.82 bits per heavy atom. The Labute approximate surface area is 194 Å². The molecule has 5 rings (SSSR count). The van der Waals surface area contributed by atoms with Gasteiger partial charge < -0.3 is 24.0 Å². The highest BCUT2D eigenvalue weighted by atomic mass is 19.1. The maximum Gasteiger partial charge on any atom is 0.295 e. The summed E-state index contributed by atoms with van der Waals surface area (Å²) in [6, 6.07) is 9.57. The van der Waals surface area contributed by atoms with Gasteiger partial charge in [0.05, 0.1) is 17.9 Å². The number of ketones is 1. The topological polar surface area (TPSA) is 93.9 Å². The van der Waals surface area contributed by atoms with Crippen molar-refractivity contribution in [3.8, 4) is 11.5 Å². The summed E-state index contributed by atoms with van der Waals surface area (Å²) in [5.74, 6) is -1.26. The molecule has 0 spiro atoms. The van der Waals surface area contributed by atoms with Crippen molar-refractivity contribution >= 4 is 17.4 Å². The lowest BCUT2D eigenvalue weighted by atomic mass is 9.95. The van der Waals surface area contributed by atoms with Crippen molar-refractivity contribution in [1.29, 1.82) is 0 Å². The second kappa shape index (κ2) is 9.01. The molecule has 0 bridgehead atoms. The van der Waals surface area contributed by atoms with Gasteiger partial charge in [0.25, 0.3) is 11.7 Å². The van der Waals surface area contributed by atoms with Crippen LogP contribution in [0.3, 0.4) is 0 Å². The minimum atomic E-state index is -0.850. The van der Waals surface area contributed by atoms with Crippen molar-refractivity contribution in [3.63, 3.8) is 0 Å². The summed E-state index contributed by atoms with van der Waals surface area (Å²) in [4.78, 5) is 31.6. The lowest BCUT2D eigenvalue weighted by Gasteiger charge is -2.25. The number of carbonyl (C=O) groups excluding carboxylic acids is 2. The van der Waals surface area contributed by atoms with Crippen LogP contribution in [0.4, 0.5) is 4.39 Å². The van der Waals surface area contributed by atoms with Gasteiger partial charge in [0.15, 0.2) is 11.5 Å². The highest BCUT2D eigenvalue weighted by Gasteiger charge is 2.45. The molecule has 0 aliphatic carbocycles. The molecule has 0 unspecified atom stereocenters. The maximum absolute atomic E-state index is 13.6. The number of Topliss-reactive ketones (excluding diaryl/α,β-unsaturated/α-hetero) is 1. The number of likely N-dealkylation sites (tertiary alicyclic amines) is 1. The lowest BCUT2D eigenvalue weighted by Crippen LogP contribution is -2.31. The average Bonchev–Trinajstić information content (AvgIpc) is 3.46. The molecule has 9 heteroatoms. The van der Waals surface area contributed by atoms with Gasteiger partial charge in [-0.05, 0) is 42.3 Å². The fourth-order valence-electron chi connectivity index (χ4n) is 4.29. The predicted octanol–water partition coefficient (Wildman–Crippen LogP) is 3.31. The maximum atomic E-state index is 13.6. The van der Waals surface area contributed by atoms with E-state index in [0.29, 0.717) is 48.8 Å². The van der Waals surface area contributed by atoms with Crippen LogP contribution < -0.4 is 9.47 Å². The van der Waals surface area contributed by atoms with Crippen LogP contribution in [0.5, 0.6) is 11.5 Å².